The van der Waals surface area contributed by atoms with Crippen molar-refractivity contribution in [2.24, 2.45) is 0 Å². The molecule has 0 aliphatic heterocycles. The topological polar surface area (TPSA) is 79.5 Å². The molecule has 5 heteroatoms. The molecule has 0 spiro atoms. The number of phenolic OH excluding ortho intramolecular Hbond substituents is 1. The highest BCUT2D eigenvalue weighted by molar-refractivity contribution is 5.74. The molecule has 0 atom stereocenters. The molecule has 1 aromatic rings. The van der Waals surface area contributed by atoms with Gasteiger partial charge in [-0.05, 0) is 13.0 Å². The summed E-state index contributed by atoms with van der Waals surface area (Å²) >= 11 is 0. The van der Waals surface area contributed by atoms with Gasteiger partial charge in [0.25, 0.3) is 0 Å². The van der Waals surface area contributed by atoms with E-state index in [0.717, 1.165) is 0 Å². The van der Waals surface area contributed by atoms with Gasteiger partial charge in [0, 0.05) is 5.56 Å². The van der Waals surface area contributed by atoms with Crippen LogP contribution in [0.5, 0.6) is 11.5 Å². The van der Waals surface area contributed by atoms with Crippen LogP contribution in [-0.2, 0) is 16.0 Å². The third-order valence-electron chi connectivity index (χ3n) is 2.20. The predicted octanol–water partition coefficient (Wildman–Crippen LogP) is 1.38. The first-order valence-electron chi connectivity index (χ1n) is 5.08. The van der Waals surface area contributed by atoms with Gasteiger partial charge in [0.05, 0.1) is 20.1 Å². The van der Waals surface area contributed by atoms with Crippen LogP contribution >= 0.6 is 0 Å². The van der Waals surface area contributed by atoms with Crippen LogP contribution in [-0.4, -0.2) is 24.8 Å². The smallest absolute Gasteiger partial charge is 0.310 e. The lowest BCUT2D eigenvalue weighted by Gasteiger charge is -2.09. The molecule has 0 amide bonds. The average molecular weight is 235 g/mol. The molecule has 0 unspecified atom stereocenters. The Labute approximate surface area is 99.2 Å². The Morgan fingerprint density at radius 1 is 1.53 bits per heavy atom. The molecule has 0 bridgehead atoms. The Bertz CT molecular complexity index is 462. The minimum absolute atomic E-state index is 0.0225. The first-order chi connectivity index (χ1) is 8.13. The second-order valence-corrected chi connectivity index (χ2v) is 3.24. The van der Waals surface area contributed by atoms with Crippen LogP contribution in [0, 0.1) is 11.3 Å². The van der Waals surface area contributed by atoms with Crippen molar-refractivity contribution in [2.75, 3.05) is 13.7 Å². The number of methoxy groups -OCH3 is 1. The Hall–Kier alpha value is -2.22. The molecule has 0 saturated heterocycles. The van der Waals surface area contributed by atoms with Gasteiger partial charge in [-0.2, -0.15) is 5.26 Å². The van der Waals surface area contributed by atoms with Crippen LogP contribution in [0.4, 0.5) is 0 Å². The first-order valence-corrected chi connectivity index (χ1v) is 5.08. The number of nitrogens with zero attached hydrogens (tertiary/aromatic N) is 1. The first kappa shape index (κ1) is 12.8. The number of esters is 1. The maximum absolute atomic E-state index is 11.3. The molecule has 0 saturated carbocycles. The molecule has 5 nitrogen and oxygen atoms in total. The average Bonchev–Trinajstić information content (AvgIpc) is 2.31. The van der Waals surface area contributed by atoms with E-state index >= 15 is 0 Å². The van der Waals surface area contributed by atoms with E-state index in [0.29, 0.717) is 5.56 Å². The molecule has 0 fully saturated rings. The fraction of sp³-hybridized carbons (Fsp3) is 0.333. The number of carbonyl (C=O) groups excluding carboxylic acids is 1. The van der Waals surface area contributed by atoms with E-state index in [1.807, 2.05) is 6.07 Å². The second kappa shape index (κ2) is 5.75. The maximum Gasteiger partial charge on any atom is 0.310 e. The lowest BCUT2D eigenvalue weighted by molar-refractivity contribution is -0.142. The largest absolute Gasteiger partial charge is 0.506 e. The Morgan fingerprint density at radius 3 is 2.76 bits per heavy atom. The van der Waals surface area contributed by atoms with Crippen molar-refractivity contribution in [1.29, 1.82) is 5.26 Å². The van der Waals surface area contributed by atoms with Gasteiger partial charge in [-0.25, -0.2) is 0 Å². The summed E-state index contributed by atoms with van der Waals surface area (Å²) in [5.41, 5.74) is 0.370. The summed E-state index contributed by atoms with van der Waals surface area (Å²) in [7, 11) is 1.40. The van der Waals surface area contributed by atoms with Crippen molar-refractivity contribution in [3.8, 4) is 17.6 Å². The minimum Gasteiger partial charge on any atom is -0.506 e. The molecule has 17 heavy (non-hydrogen) atoms. The zero-order valence-corrected chi connectivity index (χ0v) is 9.69. The summed E-state index contributed by atoms with van der Waals surface area (Å²) in [5.74, 6) is -0.408. The van der Waals surface area contributed by atoms with Crippen molar-refractivity contribution in [3.63, 3.8) is 0 Å². The number of rotatable bonds is 4. The molecular weight excluding hydrogens is 222 g/mol. The number of hydrogen-bond acceptors (Lipinski definition) is 5. The van der Waals surface area contributed by atoms with Crippen LogP contribution in [0.25, 0.3) is 0 Å². The predicted molar refractivity (Wildman–Crippen MR) is 59.7 cm³/mol. The molecule has 0 radical (unpaired) electrons. The van der Waals surface area contributed by atoms with Gasteiger partial charge in [0.2, 0.25) is 0 Å². The van der Waals surface area contributed by atoms with Crippen LogP contribution in [0.15, 0.2) is 12.1 Å². The lowest BCUT2D eigenvalue weighted by atomic mass is 10.1. The summed E-state index contributed by atoms with van der Waals surface area (Å²) in [6.45, 7) is 1.98. The molecule has 1 N–H and O–H groups in total. The zero-order valence-electron chi connectivity index (χ0n) is 9.69. The lowest BCUT2D eigenvalue weighted by Crippen LogP contribution is -2.08. The number of hydrogen-bond donors (Lipinski definition) is 1. The minimum atomic E-state index is -0.447. The highest BCUT2D eigenvalue weighted by Crippen LogP contribution is 2.30. The van der Waals surface area contributed by atoms with Gasteiger partial charge in [0.15, 0.2) is 0 Å². The number of nitriles is 1. The Balaban J connectivity index is 3.04. The van der Waals surface area contributed by atoms with E-state index in [4.69, 9.17) is 14.7 Å². The maximum atomic E-state index is 11.3. The third-order valence-corrected chi connectivity index (χ3v) is 2.20. The Kier molecular flexibility index (Phi) is 4.35. The normalized spacial score (nSPS) is 9.47. The number of benzene rings is 1. The Morgan fingerprint density at radius 2 is 2.24 bits per heavy atom. The molecular formula is C12H13NO4. The molecule has 0 aromatic heterocycles. The van der Waals surface area contributed by atoms with Crippen molar-refractivity contribution in [3.05, 3.63) is 23.3 Å². The number of carbonyl (C=O) groups is 1. The summed E-state index contributed by atoms with van der Waals surface area (Å²) in [6, 6.07) is 4.90. The molecule has 0 aliphatic carbocycles. The van der Waals surface area contributed by atoms with E-state index in [2.05, 4.69) is 0 Å². The van der Waals surface area contributed by atoms with Crippen LogP contribution in [0.3, 0.4) is 0 Å². The van der Waals surface area contributed by atoms with Crippen LogP contribution in [0.2, 0.25) is 0 Å². The van der Waals surface area contributed by atoms with Gasteiger partial charge in [-0.1, -0.05) is 6.07 Å². The van der Waals surface area contributed by atoms with Gasteiger partial charge in [0.1, 0.15) is 23.1 Å². The van der Waals surface area contributed by atoms with E-state index in [9.17, 15) is 9.90 Å². The van der Waals surface area contributed by atoms with Crippen molar-refractivity contribution < 1.29 is 19.4 Å². The quantitative estimate of drug-likeness (QED) is 0.797. The number of phenols is 1. The van der Waals surface area contributed by atoms with E-state index in [1.165, 1.54) is 19.2 Å². The SMILES string of the molecule is CCOC(=O)Cc1ccc(OC)c(C#N)c1O. The molecule has 1 aromatic carbocycles. The van der Waals surface area contributed by atoms with Crippen LogP contribution < -0.4 is 4.74 Å². The second-order valence-electron chi connectivity index (χ2n) is 3.24. The monoisotopic (exact) mass is 235 g/mol. The number of ether oxygens (including phenoxy) is 2. The fourth-order valence-corrected chi connectivity index (χ4v) is 1.40. The highest BCUT2D eigenvalue weighted by atomic mass is 16.5. The van der Waals surface area contributed by atoms with E-state index in [1.54, 1.807) is 6.92 Å². The van der Waals surface area contributed by atoms with Crippen molar-refractivity contribution >= 4 is 5.97 Å². The van der Waals surface area contributed by atoms with Crippen molar-refractivity contribution in [1.82, 2.24) is 0 Å². The van der Waals surface area contributed by atoms with Gasteiger partial charge in [-0.15, -0.1) is 0 Å². The number of aromatic hydroxyl groups is 1. The van der Waals surface area contributed by atoms with E-state index < -0.39 is 5.97 Å². The summed E-state index contributed by atoms with van der Waals surface area (Å²) in [6.07, 6.45) is -0.0711. The summed E-state index contributed by atoms with van der Waals surface area (Å²) in [5, 5.41) is 18.7. The third kappa shape index (κ3) is 2.88. The fourth-order valence-electron chi connectivity index (χ4n) is 1.40. The standard InChI is InChI=1S/C12H13NO4/c1-3-17-11(14)6-8-4-5-10(16-2)9(7-13)12(8)15/h4-5,15H,3,6H2,1-2H3. The van der Waals surface area contributed by atoms with Crippen LogP contribution in [0.1, 0.15) is 18.1 Å². The molecule has 1 rings (SSSR count). The summed E-state index contributed by atoms with van der Waals surface area (Å²) < 4.78 is 9.69. The van der Waals surface area contributed by atoms with Gasteiger partial charge in [-0.3, -0.25) is 4.79 Å². The molecule has 0 heterocycles. The highest BCUT2D eigenvalue weighted by Gasteiger charge is 2.15. The van der Waals surface area contributed by atoms with Gasteiger partial charge < -0.3 is 14.6 Å². The molecule has 90 valence electrons. The molecule has 0 aliphatic rings. The zero-order chi connectivity index (χ0) is 12.8. The van der Waals surface area contributed by atoms with E-state index in [-0.39, 0.29) is 30.1 Å². The van der Waals surface area contributed by atoms with Crippen molar-refractivity contribution in [2.45, 2.75) is 13.3 Å². The summed E-state index contributed by atoms with van der Waals surface area (Å²) in [4.78, 5) is 11.3. The van der Waals surface area contributed by atoms with Gasteiger partial charge >= 0.3 is 5.97 Å².